The highest BCUT2D eigenvalue weighted by molar-refractivity contribution is 5.85. The van der Waals surface area contributed by atoms with Crippen LogP contribution in [0.1, 0.15) is 33.6 Å². The smallest absolute Gasteiger partial charge is 0.239 e. The fraction of sp³-hybridized carbons (Fsp3) is 0.929. The normalized spacial score (nSPS) is 19.1. The van der Waals surface area contributed by atoms with Gasteiger partial charge in [0.2, 0.25) is 5.91 Å². The van der Waals surface area contributed by atoms with Crippen LogP contribution in [0.4, 0.5) is 0 Å². The van der Waals surface area contributed by atoms with E-state index in [1.54, 1.807) is 0 Å². The van der Waals surface area contributed by atoms with Gasteiger partial charge in [-0.05, 0) is 25.9 Å². The number of amides is 1. The summed E-state index contributed by atoms with van der Waals surface area (Å²) in [4.78, 5) is 16.1. The molecule has 0 saturated carbocycles. The van der Waals surface area contributed by atoms with Crippen molar-refractivity contribution in [2.75, 3.05) is 39.3 Å². The van der Waals surface area contributed by atoms with Crippen molar-refractivity contribution in [2.24, 2.45) is 5.73 Å². The predicted octanol–water partition coefficient (Wildman–Crippen LogP) is 1.53. The highest BCUT2D eigenvalue weighted by atomic mass is 35.5. The van der Waals surface area contributed by atoms with Crippen LogP contribution in [0.25, 0.3) is 0 Å². The van der Waals surface area contributed by atoms with Crippen molar-refractivity contribution < 1.29 is 9.53 Å². The quantitative estimate of drug-likeness (QED) is 0.725. The van der Waals surface area contributed by atoms with E-state index in [1.807, 2.05) is 11.8 Å². The highest BCUT2D eigenvalue weighted by Crippen LogP contribution is 2.14. The Balaban J connectivity index is 0. The van der Waals surface area contributed by atoms with Crippen LogP contribution < -0.4 is 5.73 Å². The minimum absolute atomic E-state index is 0. The summed E-state index contributed by atoms with van der Waals surface area (Å²) in [5.41, 5.74) is 5.78. The maximum absolute atomic E-state index is 11.9. The summed E-state index contributed by atoms with van der Waals surface area (Å²) in [6.45, 7) is 11.6. The number of nitrogens with two attached hydrogens (primary N) is 1. The Hall–Kier alpha value is -0.0700. The van der Waals surface area contributed by atoms with Gasteiger partial charge in [-0.2, -0.15) is 0 Å². The van der Waals surface area contributed by atoms with E-state index < -0.39 is 0 Å². The van der Waals surface area contributed by atoms with Gasteiger partial charge in [0.1, 0.15) is 0 Å². The molecule has 1 rings (SSSR count). The van der Waals surface area contributed by atoms with Crippen molar-refractivity contribution >= 4 is 30.7 Å². The fourth-order valence-corrected chi connectivity index (χ4v) is 2.36. The van der Waals surface area contributed by atoms with Gasteiger partial charge in [-0.1, -0.05) is 20.8 Å². The average molecular weight is 344 g/mol. The second-order valence-electron chi connectivity index (χ2n) is 5.11. The number of hydrogen-bond donors (Lipinski definition) is 1. The summed E-state index contributed by atoms with van der Waals surface area (Å²) in [5.74, 6) is 0.0670. The molecule has 1 aliphatic rings. The number of ether oxygens (including phenoxy) is 1. The number of likely N-dealkylation sites (N-methyl/N-ethyl adjacent to an activating group) is 1. The molecule has 1 aliphatic heterocycles. The van der Waals surface area contributed by atoms with Crippen LogP contribution in [0.2, 0.25) is 0 Å². The molecule has 0 aromatic carbocycles. The highest BCUT2D eigenvalue weighted by Gasteiger charge is 2.28. The van der Waals surface area contributed by atoms with E-state index in [0.29, 0.717) is 13.0 Å². The van der Waals surface area contributed by atoms with Crippen molar-refractivity contribution in [3.63, 3.8) is 0 Å². The van der Waals surface area contributed by atoms with Crippen molar-refractivity contribution in [3.05, 3.63) is 0 Å². The van der Waals surface area contributed by atoms with Crippen LogP contribution in [0.3, 0.4) is 0 Å². The molecule has 0 aromatic rings. The van der Waals surface area contributed by atoms with Gasteiger partial charge in [-0.3, -0.25) is 4.79 Å². The van der Waals surface area contributed by atoms with Gasteiger partial charge in [0.15, 0.2) is 0 Å². The molecule has 1 amide bonds. The zero-order valence-electron chi connectivity index (χ0n) is 13.4. The minimum Gasteiger partial charge on any atom is -0.375 e. The van der Waals surface area contributed by atoms with Crippen molar-refractivity contribution in [1.82, 2.24) is 9.80 Å². The summed E-state index contributed by atoms with van der Waals surface area (Å²) in [6.07, 6.45) is 1.81. The second-order valence-corrected chi connectivity index (χ2v) is 5.11. The molecule has 128 valence electrons. The lowest BCUT2D eigenvalue weighted by atomic mass is 10.2. The molecule has 0 aromatic heterocycles. The summed E-state index contributed by atoms with van der Waals surface area (Å²) >= 11 is 0. The first-order valence-corrected chi connectivity index (χ1v) is 7.50. The molecule has 5 nitrogen and oxygen atoms in total. The number of carbonyl (C=O) groups excluding carboxylic acids is 1. The van der Waals surface area contributed by atoms with E-state index >= 15 is 0 Å². The number of halogens is 2. The predicted molar refractivity (Wildman–Crippen MR) is 91.5 cm³/mol. The van der Waals surface area contributed by atoms with Crippen LogP contribution in [-0.2, 0) is 9.53 Å². The maximum Gasteiger partial charge on any atom is 0.239 e. The molecule has 1 fully saturated rings. The Morgan fingerprint density at radius 3 is 2.48 bits per heavy atom. The van der Waals surface area contributed by atoms with Crippen molar-refractivity contribution in [3.8, 4) is 0 Å². The Kier molecular flexibility index (Phi) is 13.8. The van der Waals surface area contributed by atoms with E-state index in [2.05, 4.69) is 18.7 Å². The number of rotatable bonds is 8. The third kappa shape index (κ3) is 7.66. The topological polar surface area (TPSA) is 58.8 Å². The van der Waals surface area contributed by atoms with Crippen LogP contribution in [0.15, 0.2) is 0 Å². The van der Waals surface area contributed by atoms with Gasteiger partial charge in [0, 0.05) is 19.6 Å². The molecule has 21 heavy (non-hydrogen) atoms. The minimum atomic E-state index is -0.352. The Bertz CT molecular complexity index is 279. The number of carbonyl (C=O) groups is 1. The summed E-state index contributed by atoms with van der Waals surface area (Å²) < 4.78 is 5.85. The zero-order valence-corrected chi connectivity index (χ0v) is 15.0. The summed E-state index contributed by atoms with van der Waals surface area (Å²) in [5, 5.41) is 0. The van der Waals surface area contributed by atoms with Crippen LogP contribution in [0.5, 0.6) is 0 Å². The molecular formula is C14H31Cl2N3O2. The molecule has 2 N–H and O–H groups in total. The molecule has 0 radical (unpaired) electrons. The molecule has 2 atom stereocenters. The van der Waals surface area contributed by atoms with Gasteiger partial charge in [-0.15, -0.1) is 24.8 Å². The second kappa shape index (κ2) is 12.5. The van der Waals surface area contributed by atoms with Crippen molar-refractivity contribution in [1.29, 1.82) is 0 Å². The third-order valence-electron chi connectivity index (χ3n) is 3.87. The van der Waals surface area contributed by atoms with E-state index in [4.69, 9.17) is 10.5 Å². The number of likely N-dealkylation sites (tertiary alicyclic amines) is 1. The van der Waals surface area contributed by atoms with E-state index in [1.165, 1.54) is 0 Å². The van der Waals surface area contributed by atoms with Gasteiger partial charge in [-0.25, -0.2) is 0 Å². The largest absolute Gasteiger partial charge is 0.375 e. The van der Waals surface area contributed by atoms with Gasteiger partial charge < -0.3 is 20.3 Å². The first-order valence-electron chi connectivity index (χ1n) is 7.50. The maximum atomic E-state index is 11.9. The third-order valence-corrected chi connectivity index (χ3v) is 3.87. The SMILES string of the molecule is CC[C@H](N)C(=O)N1CCC(OCCN(CC)CC)C1.Cl.Cl. The molecule has 0 bridgehead atoms. The zero-order chi connectivity index (χ0) is 14.3. The summed E-state index contributed by atoms with van der Waals surface area (Å²) in [7, 11) is 0. The van der Waals surface area contributed by atoms with Gasteiger partial charge in [0.05, 0.1) is 18.8 Å². The lowest BCUT2D eigenvalue weighted by molar-refractivity contribution is -0.132. The molecule has 0 spiro atoms. The number of hydrogen-bond acceptors (Lipinski definition) is 4. The lowest BCUT2D eigenvalue weighted by Crippen LogP contribution is -2.42. The average Bonchev–Trinajstić information content (AvgIpc) is 2.90. The van der Waals surface area contributed by atoms with Crippen LogP contribution >= 0.6 is 24.8 Å². The molecule has 1 heterocycles. The molecular weight excluding hydrogens is 313 g/mol. The molecule has 0 aliphatic carbocycles. The van der Waals surface area contributed by atoms with Gasteiger partial charge >= 0.3 is 0 Å². The van der Waals surface area contributed by atoms with Crippen LogP contribution in [-0.4, -0.2) is 67.2 Å². The monoisotopic (exact) mass is 343 g/mol. The standard InChI is InChI=1S/C14H29N3O2.2ClH/c1-4-13(15)14(18)17-8-7-12(11-17)19-10-9-16(5-2)6-3;;/h12-13H,4-11,15H2,1-3H3;2*1H/t12?,13-;;/m0../s1. The Morgan fingerprint density at radius 1 is 1.33 bits per heavy atom. The summed E-state index contributed by atoms with van der Waals surface area (Å²) in [6, 6.07) is -0.352. The Labute approximate surface area is 141 Å². The Morgan fingerprint density at radius 2 is 1.95 bits per heavy atom. The lowest BCUT2D eigenvalue weighted by Gasteiger charge is -2.21. The molecule has 1 saturated heterocycles. The fourth-order valence-electron chi connectivity index (χ4n) is 2.36. The van der Waals surface area contributed by atoms with Crippen molar-refractivity contribution in [2.45, 2.75) is 45.8 Å². The van der Waals surface area contributed by atoms with E-state index in [0.717, 1.165) is 39.2 Å². The van der Waals surface area contributed by atoms with Crippen LogP contribution in [0, 0.1) is 0 Å². The first-order chi connectivity index (χ1) is 9.12. The van der Waals surface area contributed by atoms with Gasteiger partial charge in [0.25, 0.3) is 0 Å². The van der Waals surface area contributed by atoms with E-state index in [9.17, 15) is 4.79 Å². The molecule has 1 unspecified atom stereocenters. The first kappa shape index (κ1) is 23.2. The van der Waals surface area contributed by atoms with E-state index in [-0.39, 0.29) is 42.9 Å². The number of nitrogens with zero attached hydrogens (tertiary/aromatic N) is 2. The molecule has 7 heteroatoms.